The van der Waals surface area contributed by atoms with Gasteiger partial charge in [0.05, 0.1) is 11.7 Å². The van der Waals surface area contributed by atoms with Crippen LogP contribution < -0.4 is 16.2 Å². The van der Waals surface area contributed by atoms with E-state index in [9.17, 15) is 4.79 Å². The first-order chi connectivity index (χ1) is 12.6. The van der Waals surface area contributed by atoms with Crippen molar-refractivity contribution >= 4 is 27.9 Å². The van der Waals surface area contributed by atoms with Crippen molar-refractivity contribution in [1.82, 2.24) is 24.4 Å². The minimum absolute atomic E-state index is 0.0338. The van der Waals surface area contributed by atoms with E-state index in [1.807, 2.05) is 30.9 Å². The summed E-state index contributed by atoms with van der Waals surface area (Å²) in [6, 6.07) is 2.13. The Balaban J connectivity index is 1.90. The zero-order valence-corrected chi connectivity index (χ0v) is 15.3. The lowest BCUT2D eigenvalue weighted by molar-refractivity contribution is 0.191. The fourth-order valence-corrected chi connectivity index (χ4v) is 3.91. The van der Waals surface area contributed by atoms with Crippen molar-refractivity contribution in [1.29, 1.82) is 0 Å². The maximum absolute atomic E-state index is 13.3. The molecule has 0 saturated carbocycles. The van der Waals surface area contributed by atoms with Gasteiger partial charge in [0.25, 0.3) is 5.56 Å². The third-order valence-corrected chi connectivity index (χ3v) is 5.21. The predicted molar refractivity (Wildman–Crippen MR) is 104 cm³/mol. The van der Waals surface area contributed by atoms with Crippen LogP contribution in [-0.4, -0.2) is 64.7 Å². The number of piperidine rings is 1. The van der Waals surface area contributed by atoms with Gasteiger partial charge in [-0.1, -0.05) is 0 Å². The molecule has 3 aromatic heterocycles. The summed E-state index contributed by atoms with van der Waals surface area (Å²) in [6.45, 7) is 3.49. The summed E-state index contributed by atoms with van der Waals surface area (Å²) in [5.74, 6) is 0.457. The van der Waals surface area contributed by atoms with Crippen LogP contribution in [0, 0.1) is 0 Å². The molecule has 8 heteroatoms. The number of rotatable bonds is 4. The summed E-state index contributed by atoms with van der Waals surface area (Å²) < 4.78 is 1.95. The number of nitrogens with zero attached hydrogens (tertiary/aromatic N) is 5. The van der Waals surface area contributed by atoms with Crippen LogP contribution in [0.2, 0.25) is 0 Å². The van der Waals surface area contributed by atoms with Crippen molar-refractivity contribution < 1.29 is 0 Å². The lowest BCUT2D eigenvalue weighted by atomic mass is 10.0. The Morgan fingerprint density at radius 3 is 2.81 bits per heavy atom. The molecule has 1 aliphatic rings. The molecule has 26 heavy (non-hydrogen) atoms. The number of anilines is 1. The molecule has 0 unspecified atom stereocenters. The molecule has 4 rings (SSSR count). The van der Waals surface area contributed by atoms with E-state index >= 15 is 0 Å². The van der Waals surface area contributed by atoms with Gasteiger partial charge < -0.3 is 20.5 Å². The normalized spacial score (nSPS) is 16.6. The van der Waals surface area contributed by atoms with E-state index in [2.05, 4.69) is 19.9 Å². The van der Waals surface area contributed by atoms with Crippen molar-refractivity contribution in [3.05, 3.63) is 28.8 Å². The molecule has 138 valence electrons. The number of aromatic nitrogens is 4. The van der Waals surface area contributed by atoms with Crippen molar-refractivity contribution in [2.45, 2.75) is 18.9 Å². The molecule has 3 N–H and O–H groups in total. The number of pyridine rings is 1. The van der Waals surface area contributed by atoms with Gasteiger partial charge in [-0.05, 0) is 18.9 Å². The summed E-state index contributed by atoms with van der Waals surface area (Å²) >= 11 is 0. The van der Waals surface area contributed by atoms with Gasteiger partial charge in [-0.15, -0.1) is 0 Å². The van der Waals surface area contributed by atoms with Gasteiger partial charge in [-0.25, -0.2) is 9.97 Å². The minimum atomic E-state index is -0.0338. The second-order valence-electron chi connectivity index (χ2n) is 7.10. The average molecular weight is 355 g/mol. The Labute approximate surface area is 151 Å². The first-order valence-corrected chi connectivity index (χ1v) is 9.08. The second-order valence-corrected chi connectivity index (χ2v) is 7.10. The van der Waals surface area contributed by atoms with E-state index in [1.54, 1.807) is 11.1 Å². The van der Waals surface area contributed by atoms with Crippen LogP contribution in [-0.2, 0) is 0 Å². The maximum atomic E-state index is 13.3. The smallest absolute Gasteiger partial charge is 0.294 e. The van der Waals surface area contributed by atoms with Gasteiger partial charge in [-0.2, -0.15) is 0 Å². The fourth-order valence-electron chi connectivity index (χ4n) is 3.91. The molecule has 0 amide bonds. The zero-order valence-electron chi connectivity index (χ0n) is 15.3. The summed E-state index contributed by atoms with van der Waals surface area (Å²) in [5, 5.41) is 0.946. The Bertz CT molecular complexity index is 982. The third kappa shape index (κ3) is 2.75. The molecular weight excluding hydrogens is 330 g/mol. The summed E-state index contributed by atoms with van der Waals surface area (Å²) in [4.78, 5) is 29.6. The number of hydrogen-bond donors (Lipinski definition) is 2. The molecule has 0 aromatic carbocycles. The van der Waals surface area contributed by atoms with Crippen LogP contribution in [0.1, 0.15) is 18.9 Å². The summed E-state index contributed by atoms with van der Waals surface area (Å²) in [6.07, 6.45) is 5.47. The van der Waals surface area contributed by atoms with E-state index in [0.29, 0.717) is 12.4 Å². The van der Waals surface area contributed by atoms with Gasteiger partial charge in [0, 0.05) is 57.9 Å². The van der Waals surface area contributed by atoms with E-state index in [1.165, 1.54) is 0 Å². The quantitative estimate of drug-likeness (QED) is 0.723. The van der Waals surface area contributed by atoms with Crippen molar-refractivity contribution in [2.24, 2.45) is 5.73 Å². The topological polar surface area (TPSA) is 96.1 Å². The molecule has 0 aliphatic carbocycles. The molecule has 1 fully saturated rings. The zero-order chi connectivity index (χ0) is 18.3. The van der Waals surface area contributed by atoms with Crippen LogP contribution in [0.5, 0.6) is 0 Å². The van der Waals surface area contributed by atoms with Gasteiger partial charge in [0.15, 0.2) is 5.82 Å². The van der Waals surface area contributed by atoms with E-state index in [-0.39, 0.29) is 11.6 Å². The predicted octanol–water partition coefficient (Wildman–Crippen LogP) is 0.934. The molecular formula is C18H25N7O. The van der Waals surface area contributed by atoms with Crippen molar-refractivity contribution in [3.63, 3.8) is 0 Å². The van der Waals surface area contributed by atoms with E-state index < -0.39 is 0 Å². The first kappa shape index (κ1) is 17.0. The average Bonchev–Trinajstić information content (AvgIpc) is 3.11. The molecule has 1 saturated heterocycles. The van der Waals surface area contributed by atoms with Crippen LogP contribution >= 0.6 is 0 Å². The van der Waals surface area contributed by atoms with Crippen LogP contribution in [0.3, 0.4) is 0 Å². The highest BCUT2D eigenvalue weighted by molar-refractivity contribution is 6.01. The second kappa shape index (κ2) is 6.69. The van der Waals surface area contributed by atoms with Crippen molar-refractivity contribution in [2.75, 3.05) is 45.2 Å². The summed E-state index contributed by atoms with van der Waals surface area (Å²) in [7, 11) is 3.71. The molecule has 4 heterocycles. The maximum Gasteiger partial charge on any atom is 0.294 e. The highest BCUT2D eigenvalue weighted by Gasteiger charge is 2.25. The largest absolute Gasteiger partial charge is 0.358 e. The highest BCUT2D eigenvalue weighted by atomic mass is 16.1. The van der Waals surface area contributed by atoms with Crippen molar-refractivity contribution in [3.8, 4) is 0 Å². The van der Waals surface area contributed by atoms with Crippen LogP contribution in [0.4, 0.5) is 5.82 Å². The van der Waals surface area contributed by atoms with Gasteiger partial charge >= 0.3 is 0 Å². The van der Waals surface area contributed by atoms with E-state index in [0.717, 1.165) is 54.5 Å². The SMILES string of the molecule is CN(C)c1nc2cnc3[nH]ccc3c2n(C2CCN(CCN)CC2)c1=O. The van der Waals surface area contributed by atoms with Gasteiger partial charge in [0.1, 0.15) is 11.2 Å². The van der Waals surface area contributed by atoms with Gasteiger partial charge in [0.2, 0.25) is 0 Å². The first-order valence-electron chi connectivity index (χ1n) is 9.08. The number of hydrogen-bond acceptors (Lipinski definition) is 6. The number of aromatic amines is 1. The molecule has 0 atom stereocenters. The number of fused-ring (bicyclic) bond motifs is 3. The molecule has 1 aliphatic heterocycles. The lowest BCUT2D eigenvalue weighted by Gasteiger charge is -2.33. The summed E-state index contributed by atoms with van der Waals surface area (Å²) in [5.41, 5.74) is 8.07. The monoisotopic (exact) mass is 355 g/mol. The number of H-pyrrole nitrogens is 1. The molecule has 3 aromatic rings. The van der Waals surface area contributed by atoms with E-state index in [4.69, 9.17) is 5.73 Å². The highest BCUT2D eigenvalue weighted by Crippen LogP contribution is 2.29. The fraction of sp³-hybridized carbons (Fsp3) is 0.500. The standard InChI is InChI=1S/C18H25N7O/c1-23(2)17-18(26)25(12-4-8-24(9-5-12)10-6-19)15-13-3-7-20-16(13)21-11-14(15)22-17/h3,7,11-12H,4-6,8-10,19H2,1-2H3,(H,20,21). The van der Waals surface area contributed by atoms with Crippen LogP contribution in [0.25, 0.3) is 22.1 Å². The Hall–Kier alpha value is -2.45. The minimum Gasteiger partial charge on any atom is -0.358 e. The lowest BCUT2D eigenvalue weighted by Crippen LogP contribution is -2.40. The third-order valence-electron chi connectivity index (χ3n) is 5.21. The Kier molecular flexibility index (Phi) is 4.37. The number of likely N-dealkylation sites (tertiary alicyclic amines) is 1. The number of nitrogens with two attached hydrogens (primary N) is 1. The van der Waals surface area contributed by atoms with Crippen LogP contribution in [0.15, 0.2) is 23.3 Å². The number of nitrogens with one attached hydrogen (secondary N) is 1. The molecule has 0 radical (unpaired) electrons. The molecule has 8 nitrogen and oxygen atoms in total. The Morgan fingerprint density at radius 2 is 2.12 bits per heavy atom. The van der Waals surface area contributed by atoms with Gasteiger partial charge in [-0.3, -0.25) is 9.36 Å². The molecule has 0 spiro atoms. The Morgan fingerprint density at radius 1 is 1.35 bits per heavy atom. The molecule has 0 bridgehead atoms.